The van der Waals surface area contributed by atoms with Crippen molar-refractivity contribution >= 4 is 11.9 Å². The molecule has 0 saturated heterocycles. The number of hydrogen-bond donors (Lipinski definition) is 2. The first-order chi connectivity index (χ1) is 23.0. The smallest absolute Gasteiger partial charge is 0.305 e. The average molecular weight is 668 g/mol. The fourth-order valence-electron chi connectivity index (χ4n) is 6.24. The van der Waals surface area contributed by atoms with Gasteiger partial charge in [-0.05, 0) is 12.8 Å². The van der Waals surface area contributed by atoms with E-state index in [2.05, 4.69) is 13.8 Å². The number of unbranched alkanes of at least 4 members (excludes halogenated alkanes) is 31. The zero-order valence-corrected chi connectivity index (χ0v) is 32.3. The topological polar surface area (TPSA) is 77.8 Å². The fraction of sp³-hybridized carbons (Fsp3) is 0.952. The molecule has 1 amide bonds. The Labute approximate surface area is 294 Å². The molecule has 2 N–H and O–H groups in total. The normalized spacial score (nSPS) is 11.0. The second-order valence-electron chi connectivity index (χ2n) is 14.4. The number of carboxylic acids is 1. The van der Waals surface area contributed by atoms with Crippen molar-refractivity contribution in [3.8, 4) is 0 Å². The van der Waals surface area contributed by atoms with E-state index in [1.807, 2.05) is 0 Å². The van der Waals surface area contributed by atoms with Gasteiger partial charge in [-0.1, -0.05) is 213 Å². The predicted octanol–water partition coefficient (Wildman–Crippen LogP) is 13.2. The number of carbonyl (C=O) groups excluding carboxylic acids is 1. The summed E-state index contributed by atoms with van der Waals surface area (Å²) in [6.07, 6.45) is 45.7. The molecule has 0 aliphatic heterocycles. The lowest BCUT2D eigenvalue weighted by Crippen LogP contribution is -2.28. The largest absolute Gasteiger partial charge is 0.481 e. The van der Waals surface area contributed by atoms with E-state index >= 15 is 0 Å². The standard InChI is InChI=1S/C24H50O.C18H35NO3/c1-2-3-4-5-6-7-8-9-10-11-12-13-14-15-16-17-18-19-20-21-22-23-24-25;1-3-4-5-6-7-8-9-10-11-12-13-14-17(20)19(2)16-15-18(21)22/h25H,2-24H2,1H3;3-16H2,1-2H3,(H,21,22). The maximum atomic E-state index is 11.7. The number of carbonyl (C=O) groups is 2. The van der Waals surface area contributed by atoms with Crippen LogP contribution in [0.3, 0.4) is 0 Å². The summed E-state index contributed by atoms with van der Waals surface area (Å²) < 4.78 is 0. The van der Waals surface area contributed by atoms with Crippen LogP contribution < -0.4 is 0 Å². The van der Waals surface area contributed by atoms with Crippen LogP contribution in [0.2, 0.25) is 0 Å². The van der Waals surface area contributed by atoms with E-state index < -0.39 is 5.97 Å². The van der Waals surface area contributed by atoms with E-state index in [0.29, 0.717) is 19.6 Å². The minimum absolute atomic E-state index is 0.0283. The third-order valence-corrected chi connectivity index (χ3v) is 9.59. The molecule has 0 fully saturated rings. The van der Waals surface area contributed by atoms with E-state index in [1.165, 1.54) is 198 Å². The van der Waals surface area contributed by atoms with Crippen LogP contribution in [0.4, 0.5) is 0 Å². The first kappa shape index (κ1) is 48.0. The molecular formula is C42H85NO4. The Balaban J connectivity index is 0. The fourth-order valence-corrected chi connectivity index (χ4v) is 6.24. The Morgan fingerprint density at radius 1 is 0.404 bits per heavy atom. The molecule has 0 radical (unpaired) electrons. The third kappa shape index (κ3) is 44.9. The summed E-state index contributed by atoms with van der Waals surface area (Å²) in [5, 5.41) is 17.3. The van der Waals surface area contributed by atoms with Crippen molar-refractivity contribution in [2.24, 2.45) is 0 Å². The van der Waals surface area contributed by atoms with Gasteiger partial charge in [-0.2, -0.15) is 0 Å². The van der Waals surface area contributed by atoms with Gasteiger partial charge in [-0.25, -0.2) is 0 Å². The van der Waals surface area contributed by atoms with Crippen LogP contribution >= 0.6 is 0 Å². The predicted molar refractivity (Wildman–Crippen MR) is 205 cm³/mol. The third-order valence-electron chi connectivity index (χ3n) is 9.59. The number of rotatable bonds is 37. The molecule has 0 aromatic rings. The van der Waals surface area contributed by atoms with Crippen LogP contribution in [-0.2, 0) is 9.59 Å². The SMILES string of the molecule is CCCCCCCCCCCCCC(=O)N(C)CCC(=O)O.CCCCCCCCCCCCCCCCCCCCCCCCO. The van der Waals surface area contributed by atoms with Crippen molar-refractivity contribution in [1.82, 2.24) is 4.90 Å². The maximum absolute atomic E-state index is 11.7. The van der Waals surface area contributed by atoms with Gasteiger partial charge in [0, 0.05) is 26.6 Å². The molecule has 0 saturated carbocycles. The van der Waals surface area contributed by atoms with Gasteiger partial charge >= 0.3 is 5.97 Å². The van der Waals surface area contributed by atoms with Crippen LogP contribution in [-0.4, -0.2) is 47.2 Å². The van der Waals surface area contributed by atoms with Gasteiger partial charge in [0.25, 0.3) is 0 Å². The van der Waals surface area contributed by atoms with Crippen molar-refractivity contribution in [2.45, 2.75) is 239 Å². The molecule has 47 heavy (non-hydrogen) atoms. The van der Waals surface area contributed by atoms with Gasteiger partial charge in [0.1, 0.15) is 0 Å². The number of amides is 1. The van der Waals surface area contributed by atoms with Crippen LogP contribution in [0.1, 0.15) is 239 Å². The number of nitrogens with zero attached hydrogens (tertiary/aromatic N) is 1. The average Bonchev–Trinajstić information content (AvgIpc) is 3.07. The molecule has 0 atom stereocenters. The van der Waals surface area contributed by atoms with Crippen molar-refractivity contribution in [1.29, 1.82) is 0 Å². The van der Waals surface area contributed by atoms with Gasteiger partial charge < -0.3 is 15.1 Å². The molecule has 0 spiro atoms. The van der Waals surface area contributed by atoms with Gasteiger partial charge in [-0.3, -0.25) is 9.59 Å². The van der Waals surface area contributed by atoms with E-state index in [0.717, 1.165) is 19.3 Å². The monoisotopic (exact) mass is 668 g/mol. The summed E-state index contributed by atoms with van der Waals surface area (Å²) in [6, 6.07) is 0. The van der Waals surface area contributed by atoms with Gasteiger partial charge in [0.15, 0.2) is 0 Å². The Kier molecular flexibility index (Phi) is 43.8. The van der Waals surface area contributed by atoms with E-state index in [9.17, 15) is 9.59 Å². The number of aliphatic hydroxyl groups excluding tert-OH is 1. The summed E-state index contributed by atoms with van der Waals surface area (Å²) in [7, 11) is 1.68. The Morgan fingerprint density at radius 3 is 0.915 bits per heavy atom. The molecular weight excluding hydrogens is 582 g/mol. The van der Waals surface area contributed by atoms with Crippen molar-refractivity contribution in [3.63, 3.8) is 0 Å². The Morgan fingerprint density at radius 2 is 0.660 bits per heavy atom. The summed E-state index contributed by atoms with van der Waals surface area (Å²) in [6.45, 7) is 5.23. The van der Waals surface area contributed by atoms with Crippen LogP contribution in [0.5, 0.6) is 0 Å². The second kappa shape index (κ2) is 42.9. The molecule has 0 bridgehead atoms. The molecule has 0 heterocycles. The number of aliphatic carboxylic acids is 1. The second-order valence-corrected chi connectivity index (χ2v) is 14.4. The van der Waals surface area contributed by atoms with Crippen LogP contribution in [0, 0.1) is 0 Å². The minimum Gasteiger partial charge on any atom is -0.481 e. The van der Waals surface area contributed by atoms with Crippen LogP contribution in [0.25, 0.3) is 0 Å². The molecule has 0 aromatic carbocycles. The highest BCUT2D eigenvalue weighted by molar-refractivity contribution is 5.76. The molecule has 0 aromatic heterocycles. The first-order valence-corrected chi connectivity index (χ1v) is 21.1. The van der Waals surface area contributed by atoms with E-state index in [1.54, 1.807) is 7.05 Å². The van der Waals surface area contributed by atoms with Gasteiger partial charge in [0.05, 0.1) is 6.42 Å². The highest BCUT2D eigenvalue weighted by Gasteiger charge is 2.09. The zero-order chi connectivity index (χ0) is 34.9. The lowest BCUT2D eigenvalue weighted by atomic mass is 10.0. The minimum atomic E-state index is -0.852. The van der Waals surface area contributed by atoms with E-state index in [-0.39, 0.29) is 12.3 Å². The van der Waals surface area contributed by atoms with Gasteiger partial charge in [-0.15, -0.1) is 0 Å². The summed E-state index contributed by atoms with van der Waals surface area (Å²) in [5.41, 5.74) is 0. The molecule has 0 aliphatic rings. The molecule has 0 unspecified atom stereocenters. The number of carboxylic acid groups (broad SMARTS) is 1. The summed E-state index contributed by atoms with van der Waals surface area (Å²) in [4.78, 5) is 23.7. The lowest BCUT2D eigenvalue weighted by Gasteiger charge is -2.15. The maximum Gasteiger partial charge on any atom is 0.305 e. The number of aliphatic hydroxyl groups is 1. The molecule has 5 nitrogen and oxygen atoms in total. The van der Waals surface area contributed by atoms with Crippen LogP contribution in [0.15, 0.2) is 0 Å². The molecule has 5 heteroatoms. The lowest BCUT2D eigenvalue weighted by molar-refractivity contribution is -0.138. The quantitative estimate of drug-likeness (QED) is 0.0646. The zero-order valence-electron chi connectivity index (χ0n) is 32.3. The van der Waals surface area contributed by atoms with Crippen molar-refractivity contribution < 1.29 is 19.8 Å². The summed E-state index contributed by atoms with van der Waals surface area (Å²) in [5.74, 6) is -0.786. The highest BCUT2D eigenvalue weighted by Crippen LogP contribution is 2.16. The number of hydrogen-bond acceptors (Lipinski definition) is 3. The molecule has 0 rings (SSSR count). The first-order valence-electron chi connectivity index (χ1n) is 21.1. The summed E-state index contributed by atoms with van der Waals surface area (Å²) >= 11 is 0. The highest BCUT2D eigenvalue weighted by atomic mass is 16.4. The van der Waals surface area contributed by atoms with Gasteiger partial charge in [0.2, 0.25) is 5.91 Å². The Hall–Kier alpha value is -1.10. The van der Waals surface area contributed by atoms with E-state index in [4.69, 9.17) is 10.2 Å². The van der Waals surface area contributed by atoms with Crippen molar-refractivity contribution in [2.75, 3.05) is 20.2 Å². The molecule has 0 aliphatic carbocycles. The molecule has 282 valence electrons. The van der Waals surface area contributed by atoms with Crippen molar-refractivity contribution in [3.05, 3.63) is 0 Å². The Bertz CT molecular complexity index is 589.